The number of hydrogen-bond donors (Lipinski definition) is 1. The summed E-state index contributed by atoms with van der Waals surface area (Å²) >= 11 is 0. The molecule has 1 aromatic rings. The average molecular weight is 285 g/mol. The molecular formula is C17H19NO3. The van der Waals surface area contributed by atoms with Crippen LogP contribution in [0.3, 0.4) is 0 Å². The van der Waals surface area contributed by atoms with Crippen LogP contribution < -0.4 is 0 Å². The van der Waals surface area contributed by atoms with E-state index in [1.807, 2.05) is 31.2 Å². The Morgan fingerprint density at radius 1 is 1.14 bits per heavy atom. The van der Waals surface area contributed by atoms with E-state index in [1.54, 1.807) is 0 Å². The number of carbonyl (C=O) groups is 2. The number of benzene rings is 1. The first kappa shape index (κ1) is 15.3. The zero-order valence-corrected chi connectivity index (χ0v) is 12.1. The third-order valence-corrected chi connectivity index (χ3v) is 3.66. The van der Waals surface area contributed by atoms with Crippen LogP contribution >= 0.6 is 0 Å². The van der Waals surface area contributed by atoms with Crippen molar-refractivity contribution in [3.05, 3.63) is 35.4 Å². The van der Waals surface area contributed by atoms with Crippen molar-refractivity contribution in [2.24, 2.45) is 0 Å². The number of amides is 2. The highest BCUT2D eigenvalue weighted by molar-refractivity contribution is 5.96. The summed E-state index contributed by atoms with van der Waals surface area (Å²) in [5.74, 6) is 5.23. The summed E-state index contributed by atoms with van der Waals surface area (Å²) in [6.45, 7) is 1.70. The third kappa shape index (κ3) is 3.71. The largest absolute Gasteiger partial charge is 0.384 e. The van der Waals surface area contributed by atoms with Gasteiger partial charge in [0.05, 0.1) is 6.04 Å². The topological polar surface area (TPSA) is 57.6 Å². The smallest absolute Gasteiger partial charge is 0.229 e. The molecule has 0 saturated carbocycles. The van der Waals surface area contributed by atoms with Crippen LogP contribution in [0.25, 0.3) is 0 Å². The normalized spacial score (nSPS) is 17.0. The standard InChI is InChI=1S/C17H19NO3/c1-13(18-16(20)6-2-3-7-17(18)21)15-10-8-14(9-11-15)5-4-12-19/h8-11,13,19H,2-3,6-7,12H2,1H3. The van der Waals surface area contributed by atoms with Crippen molar-refractivity contribution < 1.29 is 14.7 Å². The molecular weight excluding hydrogens is 266 g/mol. The molecule has 1 fully saturated rings. The fourth-order valence-electron chi connectivity index (χ4n) is 2.50. The van der Waals surface area contributed by atoms with Gasteiger partial charge in [-0.3, -0.25) is 14.5 Å². The number of rotatable bonds is 2. The van der Waals surface area contributed by atoms with Crippen molar-refractivity contribution in [1.82, 2.24) is 4.90 Å². The first-order valence-electron chi connectivity index (χ1n) is 7.18. The molecule has 2 rings (SSSR count). The monoisotopic (exact) mass is 285 g/mol. The Balaban J connectivity index is 2.19. The van der Waals surface area contributed by atoms with Crippen LogP contribution in [0.15, 0.2) is 24.3 Å². The lowest BCUT2D eigenvalue weighted by atomic mass is 10.0. The molecule has 1 aliphatic rings. The Morgan fingerprint density at radius 3 is 2.24 bits per heavy atom. The summed E-state index contributed by atoms with van der Waals surface area (Å²) in [4.78, 5) is 25.6. The Morgan fingerprint density at radius 2 is 1.71 bits per heavy atom. The molecule has 0 spiro atoms. The lowest BCUT2D eigenvalue weighted by Crippen LogP contribution is -2.37. The Labute approximate surface area is 124 Å². The van der Waals surface area contributed by atoms with E-state index in [0.29, 0.717) is 12.8 Å². The number of likely N-dealkylation sites (tertiary alicyclic amines) is 1. The maximum Gasteiger partial charge on any atom is 0.229 e. The van der Waals surface area contributed by atoms with Crippen LogP contribution in [0.1, 0.15) is 49.8 Å². The molecule has 21 heavy (non-hydrogen) atoms. The highest BCUT2D eigenvalue weighted by Gasteiger charge is 2.29. The predicted molar refractivity (Wildman–Crippen MR) is 79.1 cm³/mol. The van der Waals surface area contributed by atoms with E-state index in [4.69, 9.17) is 5.11 Å². The molecule has 2 amide bonds. The van der Waals surface area contributed by atoms with Crippen molar-refractivity contribution in [2.75, 3.05) is 6.61 Å². The van der Waals surface area contributed by atoms with Gasteiger partial charge in [0.2, 0.25) is 11.8 Å². The zero-order valence-electron chi connectivity index (χ0n) is 12.1. The van der Waals surface area contributed by atoms with Gasteiger partial charge in [-0.25, -0.2) is 0 Å². The molecule has 0 bridgehead atoms. The molecule has 1 unspecified atom stereocenters. The minimum atomic E-state index is -0.261. The summed E-state index contributed by atoms with van der Waals surface area (Å²) in [5, 5.41) is 8.67. The van der Waals surface area contributed by atoms with E-state index in [1.165, 1.54) is 4.90 Å². The minimum Gasteiger partial charge on any atom is -0.384 e. The number of aliphatic hydroxyl groups is 1. The average Bonchev–Trinajstić information content (AvgIpc) is 2.66. The summed E-state index contributed by atoms with van der Waals surface area (Å²) in [6, 6.07) is 7.15. The number of imide groups is 1. The molecule has 1 atom stereocenters. The maximum atomic E-state index is 12.1. The van der Waals surface area contributed by atoms with E-state index in [2.05, 4.69) is 11.8 Å². The molecule has 1 saturated heterocycles. The SMILES string of the molecule is CC(c1ccc(C#CCO)cc1)N1C(=O)CCCCC1=O. The molecule has 1 aromatic carbocycles. The van der Waals surface area contributed by atoms with E-state index in [9.17, 15) is 9.59 Å². The van der Waals surface area contributed by atoms with Gasteiger partial charge in [-0.2, -0.15) is 0 Å². The van der Waals surface area contributed by atoms with Gasteiger partial charge in [0, 0.05) is 18.4 Å². The van der Waals surface area contributed by atoms with E-state index in [-0.39, 0.29) is 24.5 Å². The van der Waals surface area contributed by atoms with Gasteiger partial charge in [-0.15, -0.1) is 0 Å². The minimum absolute atomic E-state index is 0.0888. The Hall–Kier alpha value is -2.12. The number of nitrogens with zero attached hydrogens (tertiary/aromatic N) is 1. The predicted octanol–water partition coefficient (Wildman–Crippen LogP) is 2.02. The Kier molecular flexibility index (Phi) is 5.13. The summed E-state index contributed by atoms with van der Waals surface area (Å²) in [5.41, 5.74) is 1.71. The number of carbonyl (C=O) groups excluding carboxylic acids is 2. The van der Waals surface area contributed by atoms with Gasteiger partial charge in [0.1, 0.15) is 6.61 Å². The van der Waals surface area contributed by atoms with Crippen molar-refractivity contribution in [3.63, 3.8) is 0 Å². The second-order valence-electron chi connectivity index (χ2n) is 5.12. The van der Waals surface area contributed by atoms with Gasteiger partial charge in [-0.05, 0) is 37.5 Å². The number of aliphatic hydroxyl groups excluding tert-OH is 1. The third-order valence-electron chi connectivity index (χ3n) is 3.66. The number of hydrogen-bond acceptors (Lipinski definition) is 3. The molecule has 110 valence electrons. The maximum absolute atomic E-state index is 12.1. The van der Waals surface area contributed by atoms with Crippen LogP contribution in [-0.4, -0.2) is 28.4 Å². The van der Waals surface area contributed by atoms with E-state index in [0.717, 1.165) is 24.0 Å². The highest BCUT2D eigenvalue weighted by Crippen LogP contribution is 2.25. The summed E-state index contributed by atoms with van der Waals surface area (Å²) in [6.07, 6.45) is 2.44. The van der Waals surface area contributed by atoms with Crippen LogP contribution in [-0.2, 0) is 9.59 Å². The summed E-state index contributed by atoms with van der Waals surface area (Å²) < 4.78 is 0. The van der Waals surface area contributed by atoms with Crippen LogP contribution in [0, 0.1) is 11.8 Å². The van der Waals surface area contributed by atoms with Gasteiger partial charge in [-0.1, -0.05) is 24.0 Å². The van der Waals surface area contributed by atoms with Gasteiger partial charge in [0.25, 0.3) is 0 Å². The fraction of sp³-hybridized carbons (Fsp3) is 0.412. The van der Waals surface area contributed by atoms with Crippen LogP contribution in [0.5, 0.6) is 0 Å². The lowest BCUT2D eigenvalue weighted by Gasteiger charge is -2.26. The summed E-state index contributed by atoms with van der Waals surface area (Å²) in [7, 11) is 0. The first-order chi connectivity index (χ1) is 10.1. The van der Waals surface area contributed by atoms with Gasteiger partial charge in [0.15, 0.2) is 0 Å². The molecule has 0 radical (unpaired) electrons. The quantitative estimate of drug-likeness (QED) is 0.668. The van der Waals surface area contributed by atoms with Gasteiger partial charge < -0.3 is 5.11 Å². The molecule has 1 aliphatic heterocycles. The second kappa shape index (κ2) is 7.05. The van der Waals surface area contributed by atoms with Gasteiger partial charge >= 0.3 is 0 Å². The molecule has 0 aliphatic carbocycles. The van der Waals surface area contributed by atoms with Crippen LogP contribution in [0.2, 0.25) is 0 Å². The molecule has 1 N–H and O–H groups in total. The van der Waals surface area contributed by atoms with Crippen molar-refractivity contribution in [3.8, 4) is 11.8 Å². The second-order valence-corrected chi connectivity index (χ2v) is 5.12. The lowest BCUT2D eigenvalue weighted by molar-refractivity contribution is -0.146. The van der Waals surface area contributed by atoms with Crippen molar-refractivity contribution in [1.29, 1.82) is 0 Å². The van der Waals surface area contributed by atoms with Crippen LogP contribution in [0.4, 0.5) is 0 Å². The van der Waals surface area contributed by atoms with Crippen molar-refractivity contribution in [2.45, 2.75) is 38.6 Å². The molecule has 1 heterocycles. The first-order valence-corrected chi connectivity index (χ1v) is 7.18. The molecule has 0 aromatic heterocycles. The van der Waals surface area contributed by atoms with E-state index >= 15 is 0 Å². The highest BCUT2D eigenvalue weighted by atomic mass is 16.2. The Bertz CT molecular complexity index is 562. The fourth-order valence-corrected chi connectivity index (χ4v) is 2.50. The van der Waals surface area contributed by atoms with Crippen molar-refractivity contribution >= 4 is 11.8 Å². The zero-order chi connectivity index (χ0) is 15.2. The van der Waals surface area contributed by atoms with E-state index < -0.39 is 0 Å². The molecule has 4 nitrogen and oxygen atoms in total. The molecule has 4 heteroatoms.